The van der Waals surface area contributed by atoms with Gasteiger partial charge in [0.1, 0.15) is 10.5 Å². The molecule has 4 heteroatoms. The smallest absolute Gasteiger partial charge is 0.408 e. The summed E-state index contributed by atoms with van der Waals surface area (Å²) in [6, 6.07) is 0. The van der Waals surface area contributed by atoms with Crippen LogP contribution in [0, 0.1) is 5.92 Å². The topological polar surface area (TPSA) is 38.3 Å². The van der Waals surface area contributed by atoms with Crippen molar-refractivity contribution in [3.63, 3.8) is 0 Å². The molecule has 0 aromatic heterocycles. The maximum absolute atomic E-state index is 12.0. The lowest BCUT2D eigenvalue weighted by Crippen LogP contribution is -2.42. The minimum absolute atomic E-state index is 0.0558. The Labute approximate surface area is 127 Å². The van der Waals surface area contributed by atoms with Gasteiger partial charge in [0, 0.05) is 5.25 Å². The highest BCUT2D eigenvalue weighted by molar-refractivity contribution is 8.08. The first-order chi connectivity index (χ1) is 9.35. The summed E-state index contributed by atoms with van der Waals surface area (Å²) in [5.41, 5.74) is -0.419. The Morgan fingerprint density at radius 1 is 1.30 bits per heavy atom. The largest absolute Gasteiger partial charge is 0.444 e. The summed E-state index contributed by atoms with van der Waals surface area (Å²) in [6.07, 6.45) is 8.91. The summed E-state index contributed by atoms with van der Waals surface area (Å²) < 4.78 is 5.39. The zero-order chi connectivity index (χ0) is 14.8. The Hall–Kier alpha value is -0.380. The Bertz CT molecular complexity index is 347. The molecule has 0 bridgehead atoms. The van der Waals surface area contributed by atoms with Crippen LogP contribution in [0.4, 0.5) is 4.79 Å². The number of carbonyl (C=O) groups is 1. The van der Waals surface area contributed by atoms with Crippen LogP contribution in [0.5, 0.6) is 0 Å². The number of nitrogens with one attached hydrogen (secondary N) is 1. The van der Waals surface area contributed by atoms with Gasteiger partial charge >= 0.3 is 6.09 Å². The van der Waals surface area contributed by atoms with Gasteiger partial charge in [0.05, 0.1) is 0 Å². The summed E-state index contributed by atoms with van der Waals surface area (Å²) in [5.74, 6) is 0.870. The van der Waals surface area contributed by atoms with Gasteiger partial charge in [-0.3, -0.25) is 0 Å². The predicted octanol–water partition coefficient (Wildman–Crippen LogP) is 4.70. The Morgan fingerprint density at radius 3 is 2.50 bits per heavy atom. The second-order valence-corrected chi connectivity index (χ2v) is 8.75. The average Bonchev–Trinajstić information content (AvgIpc) is 3.01. The normalized spacial score (nSPS) is 30.9. The fraction of sp³-hybridized carbons (Fsp3) is 0.938. The Balaban J connectivity index is 1.81. The lowest BCUT2D eigenvalue weighted by molar-refractivity contribution is 0.0499. The van der Waals surface area contributed by atoms with E-state index in [-0.39, 0.29) is 11.0 Å². The molecule has 1 amide bonds. The van der Waals surface area contributed by atoms with Crippen LogP contribution in [0.3, 0.4) is 0 Å². The van der Waals surface area contributed by atoms with Gasteiger partial charge in [-0.15, -0.1) is 11.8 Å². The molecule has 2 fully saturated rings. The van der Waals surface area contributed by atoms with Crippen LogP contribution in [0.2, 0.25) is 0 Å². The SMILES string of the molecule is CC[C@@]1(NC(=O)OC(C)(C)C)SC1CC1CCCCC1. The molecular formula is C16H29NO2S. The van der Waals surface area contributed by atoms with E-state index in [1.165, 1.54) is 38.5 Å². The maximum atomic E-state index is 12.0. The molecule has 2 aliphatic rings. The van der Waals surface area contributed by atoms with Crippen molar-refractivity contribution in [3.05, 3.63) is 0 Å². The molecule has 3 nitrogen and oxygen atoms in total. The molecule has 1 aliphatic carbocycles. The van der Waals surface area contributed by atoms with Crippen LogP contribution in [-0.2, 0) is 4.74 Å². The third kappa shape index (κ3) is 4.31. The van der Waals surface area contributed by atoms with Gasteiger partial charge in [0.25, 0.3) is 0 Å². The highest BCUT2D eigenvalue weighted by Crippen LogP contribution is 2.57. The number of alkyl carbamates (subject to hydrolysis) is 1. The van der Waals surface area contributed by atoms with Gasteiger partial charge in [0.15, 0.2) is 0 Å². The fourth-order valence-electron chi connectivity index (χ4n) is 3.17. The number of hydrogen-bond donors (Lipinski definition) is 1. The molecule has 20 heavy (non-hydrogen) atoms. The average molecular weight is 299 g/mol. The van der Waals surface area contributed by atoms with E-state index in [0.717, 1.165) is 12.3 Å². The first kappa shape index (κ1) is 16.0. The summed E-state index contributed by atoms with van der Waals surface area (Å²) >= 11 is 1.92. The molecule has 0 spiro atoms. The van der Waals surface area contributed by atoms with Crippen molar-refractivity contribution in [2.75, 3.05) is 0 Å². The van der Waals surface area contributed by atoms with E-state index < -0.39 is 5.60 Å². The van der Waals surface area contributed by atoms with Gasteiger partial charge < -0.3 is 10.1 Å². The van der Waals surface area contributed by atoms with Gasteiger partial charge in [-0.05, 0) is 39.5 Å². The molecule has 1 aliphatic heterocycles. The first-order valence-corrected chi connectivity index (χ1v) is 8.91. The monoisotopic (exact) mass is 299 g/mol. The van der Waals surface area contributed by atoms with E-state index in [0.29, 0.717) is 5.25 Å². The maximum Gasteiger partial charge on any atom is 0.408 e. The summed E-state index contributed by atoms with van der Waals surface area (Å²) in [5, 5.41) is 3.70. The molecule has 1 N–H and O–H groups in total. The van der Waals surface area contributed by atoms with Crippen molar-refractivity contribution in [3.8, 4) is 0 Å². The molecule has 0 aromatic carbocycles. The second-order valence-electron chi connectivity index (χ2n) is 7.22. The molecular weight excluding hydrogens is 270 g/mol. The zero-order valence-corrected chi connectivity index (χ0v) is 14.1. The van der Waals surface area contributed by atoms with Crippen LogP contribution in [0.1, 0.15) is 72.6 Å². The molecule has 1 saturated carbocycles. The van der Waals surface area contributed by atoms with Crippen molar-refractivity contribution in [1.82, 2.24) is 5.32 Å². The van der Waals surface area contributed by atoms with Crippen LogP contribution in [0.25, 0.3) is 0 Å². The summed E-state index contributed by atoms with van der Waals surface area (Å²) in [6.45, 7) is 7.88. The molecule has 0 aromatic rings. The number of thioether (sulfide) groups is 1. The van der Waals surface area contributed by atoms with E-state index in [9.17, 15) is 4.79 Å². The number of rotatable bonds is 4. The van der Waals surface area contributed by atoms with Crippen LogP contribution >= 0.6 is 11.8 Å². The minimum atomic E-state index is -0.419. The Morgan fingerprint density at radius 2 is 1.95 bits per heavy atom. The number of carbonyl (C=O) groups excluding carboxylic acids is 1. The first-order valence-electron chi connectivity index (χ1n) is 8.03. The van der Waals surface area contributed by atoms with Crippen LogP contribution in [-0.4, -0.2) is 21.8 Å². The number of amides is 1. The molecule has 116 valence electrons. The molecule has 2 rings (SSSR count). The fourth-order valence-corrected chi connectivity index (χ4v) is 4.61. The quantitative estimate of drug-likeness (QED) is 0.764. The van der Waals surface area contributed by atoms with Gasteiger partial charge in [0.2, 0.25) is 0 Å². The molecule has 0 radical (unpaired) electrons. The van der Waals surface area contributed by atoms with Gasteiger partial charge in [-0.25, -0.2) is 4.79 Å². The van der Waals surface area contributed by atoms with E-state index in [1.54, 1.807) is 0 Å². The van der Waals surface area contributed by atoms with E-state index in [2.05, 4.69) is 12.2 Å². The van der Waals surface area contributed by atoms with E-state index >= 15 is 0 Å². The van der Waals surface area contributed by atoms with Crippen LogP contribution in [0.15, 0.2) is 0 Å². The number of ether oxygens (including phenoxy) is 1. The van der Waals surface area contributed by atoms with E-state index in [4.69, 9.17) is 4.74 Å². The highest BCUT2D eigenvalue weighted by atomic mass is 32.2. The van der Waals surface area contributed by atoms with Crippen molar-refractivity contribution in [1.29, 1.82) is 0 Å². The summed E-state index contributed by atoms with van der Waals surface area (Å²) in [7, 11) is 0. The van der Waals surface area contributed by atoms with Crippen molar-refractivity contribution >= 4 is 17.9 Å². The standard InChI is InChI=1S/C16H29NO2S/c1-5-16(17-14(18)19-15(2,3)4)13(20-16)11-12-9-7-6-8-10-12/h12-13H,5-11H2,1-4H3,(H,17,18)/t13?,16-/m1/s1. The third-order valence-electron chi connectivity index (χ3n) is 4.33. The predicted molar refractivity (Wildman–Crippen MR) is 85.0 cm³/mol. The molecule has 1 unspecified atom stereocenters. The number of hydrogen-bond acceptors (Lipinski definition) is 3. The third-order valence-corrected chi connectivity index (χ3v) is 6.05. The molecule has 2 atom stereocenters. The van der Waals surface area contributed by atoms with Gasteiger partial charge in [-0.1, -0.05) is 39.0 Å². The lowest BCUT2D eigenvalue weighted by Gasteiger charge is -2.24. The van der Waals surface area contributed by atoms with Crippen LogP contribution < -0.4 is 5.32 Å². The minimum Gasteiger partial charge on any atom is -0.444 e. The zero-order valence-electron chi connectivity index (χ0n) is 13.3. The van der Waals surface area contributed by atoms with Crippen molar-refractivity contribution in [2.45, 2.75) is 88.4 Å². The summed E-state index contributed by atoms with van der Waals surface area (Å²) in [4.78, 5) is 11.9. The second kappa shape index (κ2) is 6.17. The van der Waals surface area contributed by atoms with E-state index in [1.807, 2.05) is 32.5 Å². The molecule has 1 saturated heterocycles. The molecule has 1 heterocycles. The van der Waals surface area contributed by atoms with Gasteiger partial charge in [-0.2, -0.15) is 0 Å². The Kier molecular flexibility index (Phi) is 4.93. The highest BCUT2D eigenvalue weighted by Gasteiger charge is 2.56. The van der Waals surface area contributed by atoms with Crippen molar-refractivity contribution < 1.29 is 9.53 Å². The van der Waals surface area contributed by atoms with Crippen molar-refractivity contribution in [2.24, 2.45) is 5.92 Å². The lowest BCUT2D eigenvalue weighted by atomic mass is 9.85.